The van der Waals surface area contributed by atoms with Gasteiger partial charge in [0.1, 0.15) is 0 Å². The van der Waals surface area contributed by atoms with Gasteiger partial charge in [-0.3, -0.25) is 19.8 Å². The van der Waals surface area contributed by atoms with Crippen LogP contribution in [0.25, 0.3) is 0 Å². The van der Waals surface area contributed by atoms with Gasteiger partial charge in [-0.05, 0) is 30.8 Å². The molecule has 164 valence electrons. The molecule has 0 radical (unpaired) electrons. The zero-order valence-corrected chi connectivity index (χ0v) is 17.9. The third-order valence-electron chi connectivity index (χ3n) is 5.03. The second-order valence-corrected chi connectivity index (χ2v) is 7.78. The SMILES string of the molecule is CN(CC(=O)N1CCN(C(=O)Nc2ccccc2)CC1)Cc1cc([N+](=O)[O-])ccc1Cl. The fourth-order valence-electron chi connectivity index (χ4n) is 3.36. The van der Waals surface area contributed by atoms with Gasteiger partial charge in [0.2, 0.25) is 5.91 Å². The summed E-state index contributed by atoms with van der Waals surface area (Å²) in [6, 6.07) is 13.3. The highest BCUT2D eigenvalue weighted by Crippen LogP contribution is 2.23. The second kappa shape index (κ2) is 10.2. The molecular weight excluding hydrogens is 422 g/mol. The minimum atomic E-state index is -0.474. The molecule has 1 N–H and O–H groups in total. The number of benzene rings is 2. The molecule has 2 aromatic carbocycles. The quantitative estimate of drug-likeness (QED) is 0.544. The summed E-state index contributed by atoms with van der Waals surface area (Å²) in [5.41, 5.74) is 1.28. The van der Waals surface area contributed by atoms with Gasteiger partial charge in [0, 0.05) is 55.6 Å². The maximum atomic E-state index is 12.7. The van der Waals surface area contributed by atoms with Crippen LogP contribution < -0.4 is 5.32 Å². The van der Waals surface area contributed by atoms with E-state index in [0.29, 0.717) is 43.3 Å². The van der Waals surface area contributed by atoms with E-state index in [0.717, 1.165) is 5.69 Å². The Labute approximate surface area is 185 Å². The van der Waals surface area contributed by atoms with Crippen LogP contribution in [-0.2, 0) is 11.3 Å². The molecular formula is C21H24ClN5O4. The molecule has 0 aromatic heterocycles. The maximum absolute atomic E-state index is 12.7. The number of carbonyl (C=O) groups is 2. The van der Waals surface area contributed by atoms with E-state index in [-0.39, 0.29) is 24.2 Å². The summed E-state index contributed by atoms with van der Waals surface area (Å²) in [6.45, 7) is 2.26. The molecule has 31 heavy (non-hydrogen) atoms. The van der Waals surface area contributed by atoms with Crippen molar-refractivity contribution < 1.29 is 14.5 Å². The van der Waals surface area contributed by atoms with Crippen molar-refractivity contribution in [1.29, 1.82) is 0 Å². The highest BCUT2D eigenvalue weighted by atomic mass is 35.5. The molecule has 3 amide bonds. The van der Waals surface area contributed by atoms with Gasteiger partial charge in [0.05, 0.1) is 11.5 Å². The summed E-state index contributed by atoms with van der Waals surface area (Å²) < 4.78 is 0. The van der Waals surface area contributed by atoms with E-state index < -0.39 is 4.92 Å². The van der Waals surface area contributed by atoms with Gasteiger partial charge in [0.15, 0.2) is 0 Å². The van der Waals surface area contributed by atoms with Gasteiger partial charge in [-0.2, -0.15) is 0 Å². The smallest absolute Gasteiger partial charge is 0.321 e. The van der Waals surface area contributed by atoms with E-state index in [1.807, 2.05) is 30.3 Å². The third kappa shape index (κ3) is 6.16. The van der Waals surface area contributed by atoms with E-state index in [2.05, 4.69) is 5.32 Å². The third-order valence-corrected chi connectivity index (χ3v) is 5.40. The number of amides is 3. The molecule has 10 heteroatoms. The number of nitro groups is 1. The predicted octanol–water partition coefficient (Wildman–Crippen LogP) is 3.06. The Morgan fingerprint density at radius 3 is 2.39 bits per heavy atom. The molecule has 0 spiro atoms. The van der Waals surface area contributed by atoms with E-state index >= 15 is 0 Å². The van der Waals surface area contributed by atoms with Gasteiger partial charge >= 0.3 is 6.03 Å². The van der Waals surface area contributed by atoms with Gasteiger partial charge in [-0.1, -0.05) is 29.8 Å². The second-order valence-electron chi connectivity index (χ2n) is 7.37. The first-order chi connectivity index (χ1) is 14.8. The molecule has 1 aliphatic rings. The number of carbonyl (C=O) groups excluding carboxylic acids is 2. The van der Waals surface area contributed by atoms with Crippen molar-refractivity contribution in [3.8, 4) is 0 Å². The topological polar surface area (TPSA) is 99.0 Å². The molecule has 0 aliphatic carbocycles. The summed E-state index contributed by atoms with van der Waals surface area (Å²) in [7, 11) is 1.76. The molecule has 1 saturated heterocycles. The number of hydrogen-bond donors (Lipinski definition) is 1. The normalized spacial score (nSPS) is 13.9. The van der Waals surface area contributed by atoms with Crippen LogP contribution in [0, 0.1) is 10.1 Å². The van der Waals surface area contributed by atoms with Crippen LogP contribution in [0.15, 0.2) is 48.5 Å². The number of anilines is 1. The van der Waals surface area contributed by atoms with Crippen molar-refractivity contribution in [3.63, 3.8) is 0 Å². The Morgan fingerprint density at radius 2 is 1.74 bits per heavy atom. The number of piperazine rings is 1. The molecule has 1 heterocycles. The average Bonchev–Trinajstić information content (AvgIpc) is 2.75. The van der Waals surface area contributed by atoms with E-state index in [4.69, 9.17) is 11.6 Å². The minimum Gasteiger partial charge on any atom is -0.338 e. The molecule has 0 saturated carbocycles. The number of rotatable bonds is 6. The maximum Gasteiger partial charge on any atom is 0.321 e. The molecule has 2 aromatic rings. The van der Waals surface area contributed by atoms with Crippen LogP contribution in [0.1, 0.15) is 5.56 Å². The van der Waals surface area contributed by atoms with E-state index in [9.17, 15) is 19.7 Å². The van der Waals surface area contributed by atoms with Gasteiger partial charge in [-0.15, -0.1) is 0 Å². The van der Waals surface area contributed by atoms with Crippen molar-refractivity contribution in [1.82, 2.24) is 14.7 Å². The monoisotopic (exact) mass is 445 g/mol. The van der Waals surface area contributed by atoms with Gasteiger partial charge in [-0.25, -0.2) is 4.79 Å². The highest BCUT2D eigenvalue weighted by molar-refractivity contribution is 6.31. The van der Waals surface area contributed by atoms with Crippen LogP contribution in [0.3, 0.4) is 0 Å². The number of halogens is 1. The Morgan fingerprint density at radius 1 is 1.10 bits per heavy atom. The minimum absolute atomic E-state index is 0.0379. The average molecular weight is 446 g/mol. The lowest BCUT2D eigenvalue weighted by Gasteiger charge is -2.35. The van der Waals surface area contributed by atoms with Crippen molar-refractivity contribution in [2.45, 2.75) is 6.54 Å². The molecule has 1 aliphatic heterocycles. The Bertz CT molecular complexity index is 948. The molecule has 9 nitrogen and oxygen atoms in total. The van der Waals surface area contributed by atoms with E-state index in [1.165, 1.54) is 18.2 Å². The summed E-state index contributed by atoms with van der Waals surface area (Å²) in [5, 5.41) is 14.2. The number of urea groups is 1. The predicted molar refractivity (Wildman–Crippen MR) is 118 cm³/mol. The molecule has 0 atom stereocenters. The zero-order valence-electron chi connectivity index (χ0n) is 17.2. The first-order valence-corrected chi connectivity index (χ1v) is 10.2. The number of nitrogens with zero attached hydrogens (tertiary/aromatic N) is 4. The Hall–Kier alpha value is -3.17. The first kappa shape index (κ1) is 22.5. The summed E-state index contributed by atoms with van der Waals surface area (Å²) in [5.74, 6) is -0.0628. The molecule has 0 bridgehead atoms. The van der Waals surface area contributed by atoms with Crippen LogP contribution in [-0.4, -0.2) is 71.3 Å². The number of para-hydroxylation sites is 1. The van der Waals surface area contributed by atoms with E-state index in [1.54, 1.807) is 21.7 Å². The summed E-state index contributed by atoms with van der Waals surface area (Å²) in [6.07, 6.45) is 0. The van der Waals surface area contributed by atoms with Crippen LogP contribution >= 0.6 is 11.6 Å². The van der Waals surface area contributed by atoms with Crippen LogP contribution in [0.4, 0.5) is 16.2 Å². The lowest BCUT2D eigenvalue weighted by atomic mass is 10.2. The lowest BCUT2D eigenvalue weighted by molar-refractivity contribution is -0.384. The number of likely N-dealkylation sites (N-methyl/N-ethyl adjacent to an activating group) is 1. The van der Waals surface area contributed by atoms with Crippen molar-refractivity contribution in [2.24, 2.45) is 0 Å². The van der Waals surface area contributed by atoms with Gasteiger partial charge in [0.25, 0.3) is 5.69 Å². The Balaban J connectivity index is 1.48. The standard InChI is InChI=1S/C21H24ClN5O4/c1-24(14-16-13-18(27(30)31)7-8-19(16)22)15-20(28)25-9-11-26(12-10-25)21(29)23-17-5-3-2-4-6-17/h2-8,13H,9-12,14-15H2,1H3,(H,23,29). The fourth-order valence-corrected chi connectivity index (χ4v) is 3.53. The number of nitrogens with one attached hydrogen (secondary N) is 1. The van der Waals surface area contributed by atoms with Crippen LogP contribution in [0.2, 0.25) is 5.02 Å². The molecule has 3 rings (SSSR count). The summed E-state index contributed by atoms with van der Waals surface area (Å²) >= 11 is 6.15. The highest BCUT2D eigenvalue weighted by Gasteiger charge is 2.25. The number of hydrogen-bond acceptors (Lipinski definition) is 5. The largest absolute Gasteiger partial charge is 0.338 e. The van der Waals surface area contributed by atoms with Crippen molar-refractivity contribution in [2.75, 3.05) is 45.1 Å². The van der Waals surface area contributed by atoms with Crippen LogP contribution in [0.5, 0.6) is 0 Å². The van der Waals surface area contributed by atoms with Crippen molar-refractivity contribution >= 4 is 34.9 Å². The number of non-ortho nitro benzene ring substituents is 1. The van der Waals surface area contributed by atoms with Gasteiger partial charge < -0.3 is 15.1 Å². The molecule has 1 fully saturated rings. The fraction of sp³-hybridized carbons (Fsp3) is 0.333. The zero-order chi connectivity index (χ0) is 22.4. The molecule has 0 unspecified atom stereocenters. The lowest BCUT2D eigenvalue weighted by Crippen LogP contribution is -2.53. The first-order valence-electron chi connectivity index (χ1n) is 9.83. The Kier molecular flexibility index (Phi) is 7.43. The summed E-state index contributed by atoms with van der Waals surface area (Å²) in [4.78, 5) is 40.7. The van der Waals surface area contributed by atoms with Crippen molar-refractivity contribution in [3.05, 3.63) is 69.2 Å². The number of nitro benzene ring substituents is 1.